The monoisotopic (exact) mass is 232 g/mol. The average Bonchev–Trinajstić information content (AvgIpc) is 2.98. The number of carbonyl (C=O) groups is 1. The summed E-state index contributed by atoms with van der Waals surface area (Å²) in [7, 11) is 0. The first kappa shape index (κ1) is 10.1. The summed E-state index contributed by atoms with van der Waals surface area (Å²) in [5.74, 6) is 1.42. The molecule has 2 aromatic heterocycles. The van der Waals surface area contributed by atoms with Crippen molar-refractivity contribution in [2.24, 2.45) is 0 Å². The van der Waals surface area contributed by atoms with Crippen LogP contribution < -0.4 is 5.32 Å². The van der Waals surface area contributed by atoms with Gasteiger partial charge >= 0.3 is 0 Å². The quantitative estimate of drug-likeness (QED) is 0.850. The third-order valence-corrected chi connectivity index (χ3v) is 2.83. The minimum absolute atomic E-state index is 0.276. The summed E-state index contributed by atoms with van der Waals surface area (Å²) in [5, 5.41) is 10.8. The zero-order valence-electron chi connectivity index (χ0n) is 9.22. The van der Waals surface area contributed by atoms with E-state index in [2.05, 4.69) is 15.5 Å². The van der Waals surface area contributed by atoms with E-state index in [9.17, 15) is 4.79 Å². The van der Waals surface area contributed by atoms with Gasteiger partial charge in [0.05, 0.1) is 6.26 Å². The number of aryl methyl sites for hydroxylation is 1. The molecule has 0 fully saturated rings. The molecule has 0 saturated carbocycles. The summed E-state index contributed by atoms with van der Waals surface area (Å²) < 4.78 is 6.97. The zero-order chi connectivity index (χ0) is 11.7. The molecule has 1 amide bonds. The van der Waals surface area contributed by atoms with Crippen LogP contribution >= 0.6 is 0 Å². The average molecular weight is 232 g/mol. The Kier molecular flexibility index (Phi) is 2.40. The smallest absolute Gasteiger partial charge is 0.293 e. The van der Waals surface area contributed by atoms with Gasteiger partial charge in [-0.25, -0.2) is 0 Å². The summed E-state index contributed by atoms with van der Waals surface area (Å²) in [5.41, 5.74) is 0. The predicted octanol–water partition coefficient (Wildman–Crippen LogP) is 1.46. The largest absolute Gasteiger partial charge is 0.459 e. The molecule has 6 nitrogen and oxygen atoms in total. The summed E-state index contributed by atoms with van der Waals surface area (Å²) in [4.78, 5) is 11.8. The molecule has 17 heavy (non-hydrogen) atoms. The molecule has 0 aromatic carbocycles. The number of nitrogens with zero attached hydrogens (tertiary/aromatic N) is 3. The van der Waals surface area contributed by atoms with Crippen molar-refractivity contribution in [2.75, 3.05) is 5.32 Å². The van der Waals surface area contributed by atoms with Crippen molar-refractivity contribution in [1.29, 1.82) is 0 Å². The number of amides is 1. The first-order valence-corrected chi connectivity index (χ1v) is 5.61. The lowest BCUT2D eigenvalue weighted by Crippen LogP contribution is -2.18. The van der Waals surface area contributed by atoms with Gasteiger partial charge in [0.15, 0.2) is 5.76 Å². The Morgan fingerprint density at radius 1 is 1.41 bits per heavy atom. The van der Waals surface area contributed by atoms with E-state index in [4.69, 9.17) is 4.42 Å². The number of hydrogen-bond acceptors (Lipinski definition) is 4. The minimum atomic E-state index is -0.296. The highest BCUT2D eigenvalue weighted by Gasteiger charge is 2.18. The van der Waals surface area contributed by atoms with Gasteiger partial charge in [-0.1, -0.05) is 0 Å². The molecular weight excluding hydrogens is 220 g/mol. The second-order valence-corrected chi connectivity index (χ2v) is 3.98. The second kappa shape index (κ2) is 4.04. The number of furan rings is 1. The van der Waals surface area contributed by atoms with Gasteiger partial charge in [0.2, 0.25) is 5.95 Å². The summed E-state index contributed by atoms with van der Waals surface area (Å²) in [6, 6.07) is 3.29. The van der Waals surface area contributed by atoms with Crippen molar-refractivity contribution in [3.63, 3.8) is 0 Å². The molecule has 0 atom stereocenters. The van der Waals surface area contributed by atoms with Gasteiger partial charge in [-0.2, -0.15) is 0 Å². The third-order valence-electron chi connectivity index (χ3n) is 2.83. The van der Waals surface area contributed by atoms with E-state index in [1.54, 1.807) is 12.1 Å². The van der Waals surface area contributed by atoms with E-state index in [1.165, 1.54) is 6.26 Å². The normalized spacial score (nSPS) is 14.4. The van der Waals surface area contributed by atoms with Crippen molar-refractivity contribution < 1.29 is 9.21 Å². The van der Waals surface area contributed by atoms with Crippen LogP contribution in [0.2, 0.25) is 0 Å². The van der Waals surface area contributed by atoms with Gasteiger partial charge < -0.3 is 4.42 Å². The molecule has 88 valence electrons. The molecular formula is C11H12N4O2. The maximum atomic E-state index is 11.8. The first-order valence-electron chi connectivity index (χ1n) is 5.61. The van der Waals surface area contributed by atoms with E-state index in [1.807, 2.05) is 4.57 Å². The Labute approximate surface area is 97.6 Å². The molecule has 0 unspecified atom stereocenters. The van der Waals surface area contributed by atoms with Crippen molar-refractivity contribution in [3.8, 4) is 0 Å². The Bertz CT molecular complexity index is 530. The molecule has 0 saturated heterocycles. The Morgan fingerprint density at radius 3 is 3.18 bits per heavy atom. The van der Waals surface area contributed by atoms with Gasteiger partial charge in [0.25, 0.3) is 5.91 Å². The van der Waals surface area contributed by atoms with Crippen LogP contribution in [0, 0.1) is 0 Å². The topological polar surface area (TPSA) is 73.0 Å². The maximum absolute atomic E-state index is 11.8. The van der Waals surface area contributed by atoms with Gasteiger partial charge in [-0.15, -0.1) is 10.2 Å². The van der Waals surface area contributed by atoms with E-state index in [0.717, 1.165) is 31.6 Å². The van der Waals surface area contributed by atoms with Crippen LogP contribution in [0.15, 0.2) is 22.8 Å². The van der Waals surface area contributed by atoms with Crippen molar-refractivity contribution in [1.82, 2.24) is 14.8 Å². The number of aromatic nitrogens is 3. The van der Waals surface area contributed by atoms with Gasteiger partial charge in [0, 0.05) is 13.0 Å². The Balaban J connectivity index is 1.81. The van der Waals surface area contributed by atoms with Crippen LogP contribution in [0.1, 0.15) is 29.2 Å². The summed E-state index contributed by atoms with van der Waals surface area (Å²) in [6.45, 7) is 0.857. The van der Waals surface area contributed by atoms with Crippen LogP contribution in [0.5, 0.6) is 0 Å². The van der Waals surface area contributed by atoms with Crippen LogP contribution in [0.3, 0.4) is 0 Å². The lowest BCUT2D eigenvalue weighted by atomic mass is 10.2. The van der Waals surface area contributed by atoms with Crippen LogP contribution in [0.4, 0.5) is 5.95 Å². The molecule has 6 heteroatoms. The van der Waals surface area contributed by atoms with Crippen LogP contribution in [0.25, 0.3) is 0 Å². The maximum Gasteiger partial charge on any atom is 0.293 e. The summed E-state index contributed by atoms with van der Waals surface area (Å²) >= 11 is 0. The molecule has 0 spiro atoms. The molecule has 1 aliphatic heterocycles. The number of rotatable bonds is 2. The number of fused-ring (bicyclic) bond motifs is 1. The molecule has 0 aliphatic carbocycles. The fraction of sp³-hybridized carbons (Fsp3) is 0.364. The standard InChI is InChI=1S/C11H12N4O2/c16-10(8-4-3-7-17-8)12-11-14-13-9-5-1-2-6-15(9)11/h3-4,7H,1-2,5-6H2,(H,12,14,16). The highest BCUT2D eigenvalue weighted by Crippen LogP contribution is 2.17. The molecule has 0 radical (unpaired) electrons. The van der Waals surface area contributed by atoms with Gasteiger partial charge in [-0.3, -0.25) is 14.7 Å². The Hall–Kier alpha value is -2.11. The molecule has 0 bridgehead atoms. The fourth-order valence-electron chi connectivity index (χ4n) is 1.97. The van der Waals surface area contributed by atoms with Crippen molar-refractivity contribution in [3.05, 3.63) is 30.0 Å². The molecule has 1 N–H and O–H groups in total. The van der Waals surface area contributed by atoms with E-state index in [0.29, 0.717) is 5.95 Å². The van der Waals surface area contributed by atoms with Crippen LogP contribution in [-0.2, 0) is 13.0 Å². The molecule has 3 rings (SSSR count). The lowest BCUT2D eigenvalue weighted by molar-refractivity contribution is 0.0995. The third kappa shape index (κ3) is 1.82. The van der Waals surface area contributed by atoms with Crippen LogP contribution in [-0.4, -0.2) is 20.7 Å². The number of anilines is 1. The van der Waals surface area contributed by atoms with Crippen molar-refractivity contribution in [2.45, 2.75) is 25.8 Å². The zero-order valence-corrected chi connectivity index (χ0v) is 9.22. The molecule has 2 aromatic rings. The van der Waals surface area contributed by atoms with Crippen molar-refractivity contribution >= 4 is 11.9 Å². The van der Waals surface area contributed by atoms with E-state index < -0.39 is 0 Å². The highest BCUT2D eigenvalue weighted by molar-refractivity contribution is 6.01. The number of nitrogens with one attached hydrogen (secondary N) is 1. The highest BCUT2D eigenvalue weighted by atomic mass is 16.3. The Morgan fingerprint density at radius 2 is 2.35 bits per heavy atom. The minimum Gasteiger partial charge on any atom is -0.459 e. The van der Waals surface area contributed by atoms with E-state index in [-0.39, 0.29) is 11.7 Å². The van der Waals surface area contributed by atoms with Gasteiger partial charge in [-0.05, 0) is 25.0 Å². The SMILES string of the molecule is O=C(Nc1nnc2n1CCCC2)c1ccco1. The first-order chi connectivity index (χ1) is 8.34. The lowest BCUT2D eigenvalue weighted by Gasteiger charge is -2.14. The van der Waals surface area contributed by atoms with Gasteiger partial charge in [0.1, 0.15) is 5.82 Å². The number of carbonyl (C=O) groups excluding carboxylic acids is 1. The fourth-order valence-corrected chi connectivity index (χ4v) is 1.97. The summed E-state index contributed by atoms with van der Waals surface area (Å²) in [6.07, 6.45) is 4.61. The molecule has 3 heterocycles. The second-order valence-electron chi connectivity index (χ2n) is 3.98. The van der Waals surface area contributed by atoms with E-state index >= 15 is 0 Å². The molecule has 1 aliphatic rings. The number of hydrogen-bond donors (Lipinski definition) is 1. The predicted molar refractivity (Wildman–Crippen MR) is 59.6 cm³/mol.